The number of hydrogen-bond acceptors (Lipinski definition) is 1. The fourth-order valence-electron chi connectivity index (χ4n) is 4.29. The summed E-state index contributed by atoms with van der Waals surface area (Å²) in [5, 5.41) is 0. The minimum atomic E-state index is -4.24. The third-order valence-corrected chi connectivity index (χ3v) is 5.98. The molecule has 0 saturated heterocycles. The molecule has 5 heteroatoms. The molecule has 0 N–H and O–H groups in total. The van der Waals surface area contributed by atoms with E-state index in [0.717, 1.165) is 30.5 Å². The van der Waals surface area contributed by atoms with Crippen LogP contribution in [0, 0.1) is 11.8 Å². The van der Waals surface area contributed by atoms with E-state index in [1.165, 1.54) is 10.5 Å². The van der Waals surface area contributed by atoms with Crippen LogP contribution in [0.2, 0.25) is 0 Å². The lowest BCUT2D eigenvalue weighted by Crippen LogP contribution is -2.34. The van der Waals surface area contributed by atoms with Crippen molar-refractivity contribution in [2.24, 2.45) is 11.8 Å². The Balaban J connectivity index is 1.64. The van der Waals surface area contributed by atoms with Crippen molar-refractivity contribution in [3.8, 4) is 0 Å². The summed E-state index contributed by atoms with van der Waals surface area (Å²) in [6.45, 7) is 4.14. The Hall–Kier alpha value is -1.52. The van der Waals surface area contributed by atoms with Gasteiger partial charge in [-0.15, -0.1) is 0 Å². The molecule has 1 spiro atoms. The van der Waals surface area contributed by atoms with Crippen LogP contribution in [0.15, 0.2) is 18.2 Å². The largest absolute Gasteiger partial charge is 0.390 e. The molecule has 2 aliphatic carbocycles. The van der Waals surface area contributed by atoms with Crippen LogP contribution in [0.25, 0.3) is 0 Å². The number of rotatable bonds is 4. The highest BCUT2D eigenvalue weighted by Crippen LogP contribution is 2.59. The Bertz CT molecular complexity index is 690. The Morgan fingerprint density at radius 2 is 2.00 bits per heavy atom. The van der Waals surface area contributed by atoms with Crippen molar-refractivity contribution >= 4 is 11.6 Å². The summed E-state index contributed by atoms with van der Waals surface area (Å²) in [5.74, 6) is 1.63. The minimum absolute atomic E-state index is 0.130. The number of nitrogens with zero attached hydrogens (tertiary/aromatic N) is 1. The molecule has 4 rings (SSSR count). The molecule has 2 saturated carbocycles. The maximum atomic E-state index is 12.7. The van der Waals surface area contributed by atoms with E-state index in [1.54, 1.807) is 0 Å². The van der Waals surface area contributed by atoms with Gasteiger partial charge in [0.15, 0.2) is 0 Å². The monoisotopic (exact) mass is 337 g/mol. The number of carbonyl (C=O) groups is 1. The molecule has 0 aromatic heterocycles. The fourth-order valence-corrected chi connectivity index (χ4v) is 4.29. The number of hydrogen-bond donors (Lipinski definition) is 0. The summed E-state index contributed by atoms with van der Waals surface area (Å²) < 4.78 is 37.9. The number of fused-ring (bicyclic) bond motifs is 2. The molecule has 1 amide bonds. The van der Waals surface area contributed by atoms with E-state index in [2.05, 4.69) is 19.9 Å². The van der Waals surface area contributed by atoms with Gasteiger partial charge in [0, 0.05) is 12.2 Å². The van der Waals surface area contributed by atoms with Gasteiger partial charge in [-0.25, -0.2) is 0 Å². The van der Waals surface area contributed by atoms with E-state index in [4.69, 9.17) is 0 Å². The van der Waals surface area contributed by atoms with Gasteiger partial charge in [-0.1, -0.05) is 26.0 Å². The Morgan fingerprint density at radius 1 is 1.29 bits per heavy atom. The van der Waals surface area contributed by atoms with Gasteiger partial charge in [0.1, 0.15) is 0 Å². The predicted molar refractivity (Wildman–Crippen MR) is 86.1 cm³/mol. The van der Waals surface area contributed by atoms with E-state index >= 15 is 0 Å². The van der Waals surface area contributed by atoms with E-state index in [9.17, 15) is 18.0 Å². The lowest BCUT2D eigenvalue weighted by Gasteiger charge is -2.19. The molecule has 0 radical (unpaired) electrons. The summed E-state index contributed by atoms with van der Waals surface area (Å²) >= 11 is 0. The van der Waals surface area contributed by atoms with E-state index in [1.807, 2.05) is 12.1 Å². The number of amides is 1. The molecule has 1 aromatic rings. The Labute approximate surface area is 140 Å². The van der Waals surface area contributed by atoms with Crippen molar-refractivity contribution in [3.63, 3.8) is 0 Å². The van der Waals surface area contributed by atoms with Gasteiger partial charge in [-0.05, 0) is 54.2 Å². The molecular formula is C19H22F3NO. The van der Waals surface area contributed by atoms with Crippen LogP contribution in [0.4, 0.5) is 18.9 Å². The van der Waals surface area contributed by atoms with Crippen LogP contribution < -0.4 is 4.90 Å². The third kappa shape index (κ3) is 2.44. The minimum Gasteiger partial charge on any atom is -0.311 e. The summed E-state index contributed by atoms with van der Waals surface area (Å²) in [4.78, 5) is 14.1. The SMILES string of the molecule is CC(C)[C@H]1C[C@@H]1c1ccc2c(c1)N(CCC(F)(F)F)C(=O)C21CC1. The smallest absolute Gasteiger partial charge is 0.311 e. The molecule has 2 nitrogen and oxygen atoms in total. The highest BCUT2D eigenvalue weighted by molar-refractivity contribution is 6.10. The lowest BCUT2D eigenvalue weighted by atomic mass is 9.95. The summed E-state index contributed by atoms with van der Waals surface area (Å²) in [6.07, 6.45) is -2.53. The lowest BCUT2D eigenvalue weighted by molar-refractivity contribution is -0.133. The first-order valence-corrected chi connectivity index (χ1v) is 8.76. The summed E-state index contributed by atoms with van der Waals surface area (Å²) in [5.41, 5.74) is 2.34. The van der Waals surface area contributed by atoms with Crippen molar-refractivity contribution < 1.29 is 18.0 Å². The number of benzene rings is 1. The first-order chi connectivity index (χ1) is 11.2. The van der Waals surface area contributed by atoms with Gasteiger partial charge >= 0.3 is 6.18 Å². The van der Waals surface area contributed by atoms with Crippen LogP contribution in [0.3, 0.4) is 0 Å². The molecule has 0 unspecified atom stereocenters. The maximum Gasteiger partial charge on any atom is 0.390 e. The van der Waals surface area contributed by atoms with Crippen molar-refractivity contribution in [2.45, 2.75) is 57.0 Å². The van der Waals surface area contributed by atoms with Crippen LogP contribution in [-0.2, 0) is 10.2 Å². The number of anilines is 1. The third-order valence-electron chi connectivity index (χ3n) is 5.98. The molecule has 1 aromatic carbocycles. The topological polar surface area (TPSA) is 20.3 Å². The zero-order valence-electron chi connectivity index (χ0n) is 14.0. The Morgan fingerprint density at radius 3 is 2.54 bits per heavy atom. The highest BCUT2D eigenvalue weighted by Gasteiger charge is 2.59. The molecule has 24 heavy (non-hydrogen) atoms. The van der Waals surface area contributed by atoms with E-state index in [0.29, 0.717) is 17.8 Å². The van der Waals surface area contributed by atoms with Gasteiger partial charge in [-0.2, -0.15) is 13.2 Å². The normalized spacial score (nSPS) is 27.1. The predicted octanol–water partition coefficient (Wildman–Crippen LogP) is 4.78. The van der Waals surface area contributed by atoms with Gasteiger partial charge in [0.05, 0.1) is 11.8 Å². The molecule has 1 heterocycles. The zero-order chi connectivity index (χ0) is 17.3. The quantitative estimate of drug-likeness (QED) is 0.774. The Kier molecular flexibility index (Phi) is 3.32. The van der Waals surface area contributed by atoms with Crippen LogP contribution in [-0.4, -0.2) is 18.6 Å². The number of carbonyl (C=O) groups excluding carboxylic acids is 1. The van der Waals surface area contributed by atoms with Crippen LogP contribution in [0.1, 0.15) is 56.6 Å². The summed E-state index contributed by atoms with van der Waals surface area (Å²) in [7, 11) is 0. The summed E-state index contributed by atoms with van der Waals surface area (Å²) in [6, 6.07) is 6.08. The molecular weight excluding hydrogens is 315 g/mol. The fraction of sp³-hybridized carbons (Fsp3) is 0.632. The van der Waals surface area contributed by atoms with Crippen molar-refractivity contribution in [3.05, 3.63) is 29.3 Å². The molecule has 0 bridgehead atoms. The van der Waals surface area contributed by atoms with Gasteiger partial charge in [0.25, 0.3) is 0 Å². The van der Waals surface area contributed by atoms with Crippen molar-refractivity contribution in [2.75, 3.05) is 11.4 Å². The first kappa shape index (κ1) is 16.0. The van der Waals surface area contributed by atoms with Crippen LogP contribution in [0.5, 0.6) is 0 Å². The van der Waals surface area contributed by atoms with E-state index < -0.39 is 18.0 Å². The van der Waals surface area contributed by atoms with Gasteiger partial charge in [-0.3, -0.25) is 4.79 Å². The van der Waals surface area contributed by atoms with Gasteiger partial charge in [0.2, 0.25) is 5.91 Å². The van der Waals surface area contributed by atoms with Crippen molar-refractivity contribution in [1.82, 2.24) is 0 Å². The average Bonchev–Trinajstić information content (AvgIpc) is 3.38. The standard InChI is InChI=1S/C19H22F3NO/c1-11(2)13-10-14(13)12-3-4-15-16(9-12)23(8-7-19(20,21)22)17(24)18(15)5-6-18/h3-4,9,11,13-14H,5-8,10H2,1-2H3/t13-,14-/m1/s1. The maximum absolute atomic E-state index is 12.7. The molecule has 3 aliphatic rings. The molecule has 2 fully saturated rings. The molecule has 2 atom stereocenters. The zero-order valence-corrected chi connectivity index (χ0v) is 14.0. The second-order valence-electron chi connectivity index (χ2n) is 7.93. The highest BCUT2D eigenvalue weighted by atomic mass is 19.4. The second kappa shape index (κ2) is 4.99. The average molecular weight is 337 g/mol. The first-order valence-electron chi connectivity index (χ1n) is 8.76. The molecule has 130 valence electrons. The van der Waals surface area contributed by atoms with Crippen LogP contribution >= 0.6 is 0 Å². The number of alkyl halides is 3. The second-order valence-corrected chi connectivity index (χ2v) is 7.93. The van der Waals surface area contributed by atoms with Crippen molar-refractivity contribution in [1.29, 1.82) is 0 Å². The molecule has 1 aliphatic heterocycles. The number of halogens is 3. The van der Waals surface area contributed by atoms with Gasteiger partial charge < -0.3 is 4.90 Å². The van der Waals surface area contributed by atoms with E-state index in [-0.39, 0.29) is 12.5 Å².